The summed E-state index contributed by atoms with van der Waals surface area (Å²) in [7, 11) is 4.07. The molecule has 1 aliphatic rings. The van der Waals surface area contributed by atoms with Gasteiger partial charge in [0, 0.05) is 31.0 Å². The molecule has 1 fully saturated rings. The van der Waals surface area contributed by atoms with E-state index in [1.54, 1.807) is 6.07 Å². The Bertz CT molecular complexity index is 495. The lowest BCUT2D eigenvalue weighted by Crippen LogP contribution is -2.33. The fourth-order valence-electron chi connectivity index (χ4n) is 2.84. The van der Waals surface area contributed by atoms with E-state index < -0.39 is 0 Å². The molecule has 0 atom stereocenters. The molecule has 5 nitrogen and oxygen atoms in total. The molecule has 1 saturated heterocycles. The number of hydrogen-bond acceptors (Lipinski definition) is 4. The van der Waals surface area contributed by atoms with Crippen molar-refractivity contribution in [3.63, 3.8) is 0 Å². The minimum absolute atomic E-state index is 0.0216. The number of amides is 1. The molecule has 0 aromatic heterocycles. The Hall–Kier alpha value is -1.75. The summed E-state index contributed by atoms with van der Waals surface area (Å²) >= 11 is 0. The zero-order valence-electron chi connectivity index (χ0n) is 13.8. The Morgan fingerprint density at radius 3 is 2.68 bits per heavy atom. The second-order valence-electron chi connectivity index (χ2n) is 6.24. The number of nitrogen functional groups attached to an aromatic ring is 1. The van der Waals surface area contributed by atoms with Gasteiger partial charge < -0.3 is 20.9 Å². The first kappa shape index (κ1) is 16.6. The monoisotopic (exact) mass is 304 g/mol. The summed E-state index contributed by atoms with van der Waals surface area (Å²) in [6, 6.07) is 5.66. The van der Waals surface area contributed by atoms with Crippen molar-refractivity contribution in [3.8, 4) is 0 Å². The first-order valence-electron chi connectivity index (χ1n) is 8.15. The van der Waals surface area contributed by atoms with E-state index in [4.69, 9.17) is 5.73 Å². The lowest BCUT2D eigenvalue weighted by molar-refractivity contribution is 0.0952. The van der Waals surface area contributed by atoms with Gasteiger partial charge in [-0.15, -0.1) is 0 Å². The molecule has 0 radical (unpaired) electrons. The fraction of sp³-hybridized carbons (Fsp3) is 0.588. The van der Waals surface area contributed by atoms with E-state index in [0.717, 1.165) is 31.7 Å². The van der Waals surface area contributed by atoms with E-state index in [2.05, 4.69) is 15.1 Å². The third-order valence-electron chi connectivity index (χ3n) is 4.03. The van der Waals surface area contributed by atoms with Crippen molar-refractivity contribution < 1.29 is 4.79 Å². The van der Waals surface area contributed by atoms with Gasteiger partial charge in [0.05, 0.1) is 5.56 Å². The molecule has 122 valence electrons. The van der Waals surface area contributed by atoms with Gasteiger partial charge >= 0.3 is 0 Å². The number of carbonyl (C=O) groups is 1. The molecule has 1 aliphatic heterocycles. The van der Waals surface area contributed by atoms with Crippen molar-refractivity contribution in [2.24, 2.45) is 0 Å². The normalized spacial score (nSPS) is 15.1. The van der Waals surface area contributed by atoms with Crippen LogP contribution in [0.25, 0.3) is 0 Å². The number of nitrogens with one attached hydrogen (secondary N) is 1. The minimum atomic E-state index is -0.0216. The van der Waals surface area contributed by atoms with Crippen LogP contribution in [0.4, 0.5) is 11.4 Å². The van der Waals surface area contributed by atoms with E-state index in [1.165, 1.54) is 19.3 Å². The molecular weight excluding hydrogens is 276 g/mol. The van der Waals surface area contributed by atoms with Gasteiger partial charge in [0.25, 0.3) is 5.91 Å². The maximum Gasteiger partial charge on any atom is 0.253 e. The van der Waals surface area contributed by atoms with Gasteiger partial charge in [0.2, 0.25) is 0 Å². The van der Waals surface area contributed by atoms with Gasteiger partial charge in [0.1, 0.15) is 0 Å². The van der Waals surface area contributed by atoms with E-state index >= 15 is 0 Å². The largest absolute Gasteiger partial charge is 0.399 e. The molecule has 1 amide bonds. The number of hydrogen-bond donors (Lipinski definition) is 2. The van der Waals surface area contributed by atoms with E-state index in [9.17, 15) is 4.79 Å². The number of carbonyl (C=O) groups excluding carboxylic acids is 1. The van der Waals surface area contributed by atoms with Crippen LogP contribution >= 0.6 is 0 Å². The van der Waals surface area contributed by atoms with E-state index in [0.29, 0.717) is 17.8 Å². The second-order valence-corrected chi connectivity index (χ2v) is 6.24. The maximum absolute atomic E-state index is 12.5. The summed E-state index contributed by atoms with van der Waals surface area (Å²) < 4.78 is 0. The zero-order valence-corrected chi connectivity index (χ0v) is 13.8. The summed E-state index contributed by atoms with van der Waals surface area (Å²) in [5, 5.41) is 3.01. The highest BCUT2D eigenvalue weighted by Crippen LogP contribution is 2.26. The number of nitrogens with zero attached hydrogens (tertiary/aromatic N) is 2. The van der Waals surface area contributed by atoms with Crippen LogP contribution in [0.5, 0.6) is 0 Å². The number of nitrogens with two attached hydrogens (primary N) is 1. The predicted molar refractivity (Wildman–Crippen MR) is 92.4 cm³/mol. The highest BCUT2D eigenvalue weighted by Gasteiger charge is 2.18. The second kappa shape index (κ2) is 8.03. The Balaban J connectivity index is 2.04. The minimum Gasteiger partial charge on any atom is -0.399 e. The molecule has 1 heterocycles. The molecular formula is C17H28N4O. The predicted octanol–water partition coefficient (Wildman–Crippen LogP) is 1.94. The number of rotatable bonds is 6. The van der Waals surface area contributed by atoms with Gasteiger partial charge in [-0.2, -0.15) is 0 Å². The van der Waals surface area contributed by atoms with Crippen molar-refractivity contribution in [2.45, 2.75) is 25.7 Å². The molecule has 2 rings (SSSR count). The Kier molecular flexibility index (Phi) is 6.07. The van der Waals surface area contributed by atoms with Crippen LogP contribution in [-0.2, 0) is 0 Å². The number of benzene rings is 1. The average Bonchev–Trinajstić information content (AvgIpc) is 2.52. The van der Waals surface area contributed by atoms with Crippen LogP contribution in [0.1, 0.15) is 36.0 Å². The van der Waals surface area contributed by atoms with Crippen molar-refractivity contribution in [1.29, 1.82) is 0 Å². The van der Waals surface area contributed by atoms with Crippen LogP contribution in [0.15, 0.2) is 18.2 Å². The Labute approximate surface area is 133 Å². The highest BCUT2D eigenvalue weighted by molar-refractivity contribution is 6.00. The van der Waals surface area contributed by atoms with E-state index in [1.807, 2.05) is 26.2 Å². The molecule has 5 heteroatoms. The van der Waals surface area contributed by atoms with Gasteiger partial charge in [-0.05, 0) is 64.5 Å². The molecule has 1 aromatic carbocycles. The molecule has 0 saturated carbocycles. The first-order valence-corrected chi connectivity index (χ1v) is 8.15. The quantitative estimate of drug-likeness (QED) is 0.623. The van der Waals surface area contributed by atoms with Crippen molar-refractivity contribution in [2.75, 3.05) is 50.9 Å². The third-order valence-corrected chi connectivity index (χ3v) is 4.03. The fourth-order valence-corrected chi connectivity index (χ4v) is 2.84. The highest BCUT2D eigenvalue weighted by atomic mass is 16.1. The lowest BCUT2D eigenvalue weighted by Gasteiger charge is -2.30. The van der Waals surface area contributed by atoms with Gasteiger partial charge in [-0.3, -0.25) is 4.79 Å². The third kappa shape index (κ3) is 4.63. The first-order chi connectivity index (χ1) is 10.6. The van der Waals surface area contributed by atoms with Gasteiger partial charge in [-0.1, -0.05) is 0 Å². The Morgan fingerprint density at radius 2 is 2.00 bits per heavy atom. The summed E-state index contributed by atoms with van der Waals surface area (Å²) in [5.74, 6) is -0.0216. The molecule has 1 aromatic rings. The van der Waals surface area contributed by atoms with Gasteiger partial charge in [0.15, 0.2) is 0 Å². The molecule has 0 spiro atoms. The topological polar surface area (TPSA) is 61.6 Å². The van der Waals surface area contributed by atoms with Crippen LogP contribution in [-0.4, -0.2) is 51.1 Å². The molecule has 22 heavy (non-hydrogen) atoms. The maximum atomic E-state index is 12.5. The zero-order chi connectivity index (χ0) is 15.9. The average molecular weight is 304 g/mol. The molecule has 0 aliphatic carbocycles. The summed E-state index contributed by atoms with van der Waals surface area (Å²) in [6.07, 6.45) is 4.60. The van der Waals surface area contributed by atoms with Crippen molar-refractivity contribution >= 4 is 17.3 Å². The van der Waals surface area contributed by atoms with Crippen LogP contribution in [0, 0.1) is 0 Å². The standard InChI is InChI=1S/C17H28N4O/c1-20(2)10-6-9-19-17(22)15-13-14(18)7-8-16(15)21-11-4-3-5-12-21/h7-8,13H,3-6,9-12,18H2,1-2H3,(H,19,22). The molecule has 0 unspecified atom stereocenters. The summed E-state index contributed by atoms with van der Waals surface area (Å²) in [6.45, 7) is 3.69. The van der Waals surface area contributed by atoms with Crippen LogP contribution in [0.3, 0.4) is 0 Å². The molecule has 3 N–H and O–H groups in total. The van der Waals surface area contributed by atoms with Crippen LogP contribution < -0.4 is 16.0 Å². The number of piperidine rings is 1. The number of anilines is 2. The molecule has 0 bridgehead atoms. The smallest absolute Gasteiger partial charge is 0.253 e. The van der Waals surface area contributed by atoms with E-state index in [-0.39, 0.29) is 5.91 Å². The van der Waals surface area contributed by atoms with Crippen LogP contribution in [0.2, 0.25) is 0 Å². The SMILES string of the molecule is CN(C)CCCNC(=O)c1cc(N)ccc1N1CCCCC1. The Morgan fingerprint density at radius 1 is 1.27 bits per heavy atom. The van der Waals surface area contributed by atoms with Crippen molar-refractivity contribution in [1.82, 2.24) is 10.2 Å². The van der Waals surface area contributed by atoms with Crippen molar-refractivity contribution in [3.05, 3.63) is 23.8 Å². The summed E-state index contributed by atoms with van der Waals surface area (Å²) in [4.78, 5) is 16.9. The lowest BCUT2D eigenvalue weighted by atomic mass is 10.1. The summed E-state index contributed by atoms with van der Waals surface area (Å²) in [5.41, 5.74) is 8.24. The van der Waals surface area contributed by atoms with Gasteiger partial charge in [-0.25, -0.2) is 0 Å².